The van der Waals surface area contributed by atoms with Crippen LogP contribution in [-0.4, -0.2) is 5.11 Å². The molecule has 60 valence electrons. The number of halogens is 4. The largest absolute Gasteiger partial charge is 0.506 e. The van der Waals surface area contributed by atoms with E-state index in [4.69, 9.17) is 11.6 Å². The summed E-state index contributed by atoms with van der Waals surface area (Å²) in [5.41, 5.74) is 0. The fourth-order valence-corrected chi connectivity index (χ4v) is 2.23. The minimum atomic E-state index is 0.0496. The fraction of sp³-hybridized carbons (Fsp3) is 0. The summed E-state index contributed by atoms with van der Waals surface area (Å²) in [4.78, 5) is 0. The van der Waals surface area contributed by atoms with Crippen molar-refractivity contribution in [3.05, 3.63) is 24.5 Å². The molecule has 0 bridgehead atoms. The monoisotopic (exact) mass is 362 g/mol. The molecule has 1 rings (SSSR count). The third kappa shape index (κ3) is 1.91. The van der Waals surface area contributed by atoms with Gasteiger partial charge in [0.05, 0.1) is 9.50 Å². The molecule has 1 nitrogen and oxygen atoms in total. The van der Waals surface area contributed by atoms with Crippen LogP contribution >= 0.6 is 59.4 Å². The second kappa shape index (κ2) is 3.64. The highest BCUT2D eigenvalue weighted by Crippen LogP contribution is 2.41. The van der Waals surface area contributed by atoms with Gasteiger partial charge in [0.25, 0.3) is 0 Å². The lowest BCUT2D eigenvalue weighted by Gasteiger charge is -2.03. The van der Waals surface area contributed by atoms with E-state index in [1.54, 1.807) is 0 Å². The van der Waals surface area contributed by atoms with Crippen molar-refractivity contribution in [2.75, 3.05) is 0 Å². The lowest BCUT2D eigenvalue weighted by atomic mass is 10.3. The third-order valence-electron chi connectivity index (χ3n) is 1.08. The lowest BCUT2D eigenvalue weighted by molar-refractivity contribution is 0.474. The van der Waals surface area contributed by atoms with Gasteiger partial charge in [-0.05, 0) is 53.9 Å². The molecule has 0 atom stereocenters. The predicted molar refractivity (Wildman–Crippen MR) is 56.2 cm³/mol. The van der Waals surface area contributed by atoms with E-state index >= 15 is 0 Å². The van der Waals surface area contributed by atoms with E-state index in [-0.39, 0.29) is 5.75 Å². The van der Waals surface area contributed by atoms with E-state index in [1.165, 1.54) is 6.07 Å². The molecular weight excluding hydrogens is 363 g/mol. The molecule has 0 unspecified atom stereocenters. The molecule has 0 aliphatic heterocycles. The highest BCUT2D eigenvalue weighted by atomic mass is 79.9. The first-order chi connectivity index (χ1) is 5.04. The topological polar surface area (TPSA) is 20.2 Å². The SMILES string of the molecule is Oc1cc(Br)c(Br)c(Br)c1Cl. The van der Waals surface area contributed by atoms with Crippen LogP contribution in [0.1, 0.15) is 0 Å². The first-order valence-corrected chi connectivity index (χ1v) is 5.31. The standard InChI is InChI=1S/C6H2Br3ClO/c7-2-1-3(11)6(10)5(9)4(2)8/h1,11H. The van der Waals surface area contributed by atoms with E-state index < -0.39 is 0 Å². The summed E-state index contributed by atoms with van der Waals surface area (Å²) in [6, 6.07) is 1.52. The van der Waals surface area contributed by atoms with Crippen molar-refractivity contribution < 1.29 is 5.11 Å². The Morgan fingerprint density at radius 1 is 1.18 bits per heavy atom. The van der Waals surface area contributed by atoms with Crippen LogP contribution in [0.3, 0.4) is 0 Å². The molecule has 0 aliphatic rings. The van der Waals surface area contributed by atoms with E-state index in [2.05, 4.69) is 47.8 Å². The van der Waals surface area contributed by atoms with Gasteiger partial charge in [0, 0.05) is 8.95 Å². The number of hydrogen-bond acceptors (Lipinski definition) is 1. The molecule has 0 saturated heterocycles. The maximum Gasteiger partial charge on any atom is 0.136 e. The predicted octanol–water partition coefficient (Wildman–Crippen LogP) is 4.33. The molecule has 0 aliphatic carbocycles. The zero-order valence-corrected chi connectivity index (χ0v) is 10.6. The van der Waals surface area contributed by atoms with Crippen molar-refractivity contribution in [1.82, 2.24) is 0 Å². The number of rotatable bonds is 0. The van der Waals surface area contributed by atoms with Gasteiger partial charge in [0.2, 0.25) is 0 Å². The Morgan fingerprint density at radius 3 is 2.27 bits per heavy atom. The molecule has 0 radical (unpaired) electrons. The second-order valence-electron chi connectivity index (χ2n) is 1.82. The average Bonchev–Trinajstić information content (AvgIpc) is 1.97. The first-order valence-electron chi connectivity index (χ1n) is 2.56. The summed E-state index contributed by atoms with van der Waals surface area (Å²) < 4.78 is 2.19. The van der Waals surface area contributed by atoms with Gasteiger partial charge in [-0.15, -0.1) is 0 Å². The van der Waals surface area contributed by atoms with E-state index in [0.717, 1.165) is 8.95 Å². The maximum absolute atomic E-state index is 9.19. The zero-order valence-electron chi connectivity index (χ0n) is 5.04. The number of phenolic OH excluding ortho intramolecular Hbond substituents is 1. The maximum atomic E-state index is 9.19. The van der Waals surface area contributed by atoms with Gasteiger partial charge in [-0.1, -0.05) is 11.6 Å². The smallest absolute Gasteiger partial charge is 0.136 e. The van der Waals surface area contributed by atoms with Crippen LogP contribution in [0.2, 0.25) is 5.02 Å². The second-order valence-corrected chi connectivity index (χ2v) is 4.64. The van der Waals surface area contributed by atoms with Gasteiger partial charge in [0.1, 0.15) is 5.75 Å². The number of hydrogen-bond donors (Lipinski definition) is 1. The first kappa shape index (κ1) is 9.84. The van der Waals surface area contributed by atoms with Crippen molar-refractivity contribution in [1.29, 1.82) is 0 Å². The molecule has 1 N–H and O–H groups in total. The minimum Gasteiger partial charge on any atom is -0.506 e. The molecule has 0 spiro atoms. The Kier molecular flexibility index (Phi) is 3.26. The Balaban J connectivity index is 3.46. The Morgan fingerprint density at radius 2 is 1.73 bits per heavy atom. The Labute approximate surface area is 94.1 Å². The fourth-order valence-electron chi connectivity index (χ4n) is 0.560. The van der Waals surface area contributed by atoms with Crippen molar-refractivity contribution >= 4 is 59.4 Å². The summed E-state index contributed by atoms with van der Waals surface area (Å²) >= 11 is 15.4. The quantitative estimate of drug-likeness (QED) is 0.536. The lowest BCUT2D eigenvalue weighted by Crippen LogP contribution is -1.76. The van der Waals surface area contributed by atoms with Gasteiger partial charge in [-0.3, -0.25) is 0 Å². The van der Waals surface area contributed by atoms with E-state index in [0.29, 0.717) is 9.50 Å². The van der Waals surface area contributed by atoms with Gasteiger partial charge >= 0.3 is 0 Å². The van der Waals surface area contributed by atoms with Crippen LogP contribution < -0.4 is 0 Å². The summed E-state index contributed by atoms with van der Waals surface area (Å²) in [5.74, 6) is 0.0496. The average molecular weight is 365 g/mol. The Bertz CT molecular complexity index is 274. The van der Waals surface area contributed by atoms with Gasteiger partial charge in [0.15, 0.2) is 0 Å². The van der Waals surface area contributed by atoms with Crippen molar-refractivity contribution in [2.24, 2.45) is 0 Å². The van der Waals surface area contributed by atoms with E-state index in [9.17, 15) is 5.11 Å². The van der Waals surface area contributed by atoms with Gasteiger partial charge in [-0.25, -0.2) is 0 Å². The molecule has 0 fully saturated rings. The molecular formula is C6H2Br3ClO. The Hall–Kier alpha value is 0.750. The minimum absolute atomic E-state index is 0.0496. The van der Waals surface area contributed by atoms with Crippen LogP contribution in [0.5, 0.6) is 5.75 Å². The normalized spacial score (nSPS) is 10.2. The number of phenols is 1. The molecule has 5 heteroatoms. The molecule has 1 aromatic carbocycles. The number of benzene rings is 1. The summed E-state index contributed by atoms with van der Waals surface area (Å²) in [6.07, 6.45) is 0. The zero-order chi connectivity index (χ0) is 8.59. The summed E-state index contributed by atoms with van der Waals surface area (Å²) in [5, 5.41) is 9.50. The summed E-state index contributed by atoms with van der Waals surface area (Å²) in [7, 11) is 0. The molecule has 0 heterocycles. The molecule has 11 heavy (non-hydrogen) atoms. The molecule has 0 amide bonds. The van der Waals surface area contributed by atoms with Crippen LogP contribution in [0, 0.1) is 0 Å². The van der Waals surface area contributed by atoms with Crippen LogP contribution in [0.15, 0.2) is 19.5 Å². The van der Waals surface area contributed by atoms with Crippen LogP contribution in [0.25, 0.3) is 0 Å². The van der Waals surface area contributed by atoms with Crippen molar-refractivity contribution in [3.8, 4) is 5.75 Å². The van der Waals surface area contributed by atoms with Crippen molar-refractivity contribution in [3.63, 3.8) is 0 Å². The van der Waals surface area contributed by atoms with Crippen LogP contribution in [-0.2, 0) is 0 Å². The van der Waals surface area contributed by atoms with Gasteiger partial charge in [-0.2, -0.15) is 0 Å². The van der Waals surface area contributed by atoms with Crippen LogP contribution in [0.4, 0.5) is 0 Å². The highest BCUT2D eigenvalue weighted by Gasteiger charge is 2.10. The van der Waals surface area contributed by atoms with Crippen molar-refractivity contribution in [2.45, 2.75) is 0 Å². The van der Waals surface area contributed by atoms with E-state index in [1.807, 2.05) is 0 Å². The molecule has 1 aromatic rings. The van der Waals surface area contributed by atoms with Gasteiger partial charge < -0.3 is 5.11 Å². The summed E-state index contributed by atoms with van der Waals surface area (Å²) in [6.45, 7) is 0. The number of aromatic hydroxyl groups is 1. The third-order valence-corrected chi connectivity index (χ3v) is 5.00. The molecule has 0 saturated carbocycles. The molecule has 0 aromatic heterocycles. The highest BCUT2D eigenvalue weighted by molar-refractivity contribution is 9.14.